The molecule has 0 aliphatic carbocycles. The van der Waals surface area contributed by atoms with E-state index in [0.29, 0.717) is 19.8 Å². The Hall–Kier alpha value is -1.51. The molecule has 1 saturated heterocycles. The van der Waals surface area contributed by atoms with Crippen molar-refractivity contribution in [2.45, 2.75) is 18.3 Å². The van der Waals surface area contributed by atoms with Crippen LogP contribution in [0.3, 0.4) is 0 Å². The van der Waals surface area contributed by atoms with Crippen molar-refractivity contribution < 1.29 is 17.9 Å². The second-order valence-corrected chi connectivity index (χ2v) is 10.7. The van der Waals surface area contributed by atoms with Gasteiger partial charge in [-0.25, -0.2) is 8.42 Å². The summed E-state index contributed by atoms with van der Waals surface area (Å²) >= 11 is 18.2. The highest BCUT2D eigenvalue weighted by Crippen LogP contribution is 2.36. The van der Waals surface area contributed by atoms with Crippen LogP contribution in [0.4, 0.5) is 5.69 Å². The van der Waals surface area contributed by atoms with E-state index in [4.69, 9.17) is 39.5 Å². The highest BCUT2D eigenvalue weighted by atomic mass is 35.5. The van der Waals surface area contributed by atoms with Gasteiger partial charge in [0.05, 0.1) is 27.0 Å². The smallest absolute Gasteiger partial charge is 0.240 e. The molecule has 3 rings (SSSR count). The van der Waals surface area contributed by atoms with Gasteiger partial charge in [0.1, 0.15) is 6.54 Å². The van der Waals surface area contributed by atoms with Crippen LogP contribution in [0.15, 0.2) is 42.5 Å². The number of hydrogen-bond acceptors (Lipinski definition) is 4. The number of nitrogens with zero attached hydrogens (tertiary/aromatic N) is 1. The fourth-order valence-electron chi connectivity index (χ4n) is 3.66. The van der Waals surface area contributed by atoms with Crippen molar-refractivity contribution in [3.05, 3.63) is 63.1 Å². The number of sulfonamides is 1. The van der Waals surface area contributed by atoms with E-state index in [1.54, 1.807) is 0 Å². The Morgan fingerprint density at radius 2 is 1.68 bits per heavy atom. The van der Waals surface area contributed by atoms with Crippen LogP contribution < -0.4 is 9.62 Å². The summed E-state index contributed by atoms with van der Waals surface area (Å²) in [6.07, 6.45) is 2.51. The molecule has 1 N–H and O–H groups in total. The van der Waals surface area contributed by atoms with Crippen molar-refractivity contribution >= 4 is 56.4 Å². The van der Waals surface area contributed by atoms with Crippen LogP contribution in [-0.2, 0) is 25.0 Å². The van der Waals surface area contributed by atoms with Gasteiger partial charge in [-0.3, -0.25) is 9.10 Å². The molecular formula is C21H23Cl3N2O4S. The van der Waals surface area contributed by atoms with Crippen molar-refractivity contribution in [1.82, 2.24) is 5.32 Å². The Labute approximate surface area is 197 Å². The number of anilines is 1. The molecular weight excluding hydrogens is 483 g/mol. The van der Waals surface area contributed by atoms with Crippen LogP contribution >= 0.6 is 34.8 Å². The van der Waals surface area contributed by atoms with Crippen LogP contribution in [0.25, 0.3) is 0 Å². The SMILES string of the molecule is CS(=O)(=O)N(CC(=O)NCC1(c2ccccc2)CCOCC1)c1cc(Cl)c(Cl)cc1Cl. The first-order valence-corrected chi connectivity index (χ1v) is 12.6. The molecule has 0 unspecified atom stereocenters. The number of hydrogen-bond donors (Lipinski definition) is 1. The van der Waals surface area contributed by atoms with Gasteiger partial charge in [0.15, 0.2) is 0 Å². The molecule has 10 heteroatoms. The van der Waals surface area contributed by atoms with Crippen LogP contribution in [0, 0.1) is 0 Å². The van der Waals surface area contributed by atoms with Gasteiger partial charge in [-0.2, -0.15) is 0 Å². The largest absolute Gasteiger partial charge is 0.381 e. The molecule has 0 atom stereocenters. The zero-order chi connectivity index (χ0) is 22.6. The molecule has 1 heterocycles. The molecule has 31 heavy (non-hydrogen) atoms. The number of carbonyl (C=O) groups is 1. The van der Waals surface area contributed by atoms with E-state index in [9.17, 15) is 13.2 Å². The molecule has 0 radical (unpaired) electrons. The first-order chi connectivity index (χ1) is 14.6. The van der Waals surface area contributed by atoms with Crippen LogP contribution in [0.2, 0.25) is 15.1 Å². The summed E-state index contributed by atoms with van der Waals surface area (Å²) in [5.41, 5.74) is 0.940. The number of nitrogens with one attached hydrogen (secondary N) is 1. The first kappa shape index (κ1) is 24.1. The van der Waals surface area contributed by atoms with Gasteiger partial charge in [0.2, 0.25) is 15.9 Å². The van der Waals surface area contributed by atoms with Gasteiger partial charge in [-0.05, 0) is 30.5 Å². The third kappa shape index (κ3) is 5.84. The maximum atomic E-state index is 12.8. The molecule has 6 nitrogen and oxygen atoms in total. The van der Waals surface area contributed by atoms with E-state index in [1.807, 2.05) is 30.3 Å². The van der Waals surface area contributed by atoms with Gasteiger partial charge in [0, 0.05) is 25.2 Å². The highest BCUT2D eigenvalue weighted by molar-refractivity contribution is 7.92. The Balaban J connectivity index is 1.79. The Bertz CT molecular complexity index is 1040. The fraction of sp³-hybridized carbons (Fsp3) is 0.381. The van der Waals surface area contributed by atoms with Crippen molar-refractivity contribution in [2.24, 2.45) is 0 Å². The van der Waals surface area contributed by atoms with E-state index >= 15 is 0 Å². The average molecular weight is 506 g/mol. The molecule has 1 aliphatic heterocycles. The Morgan fingerprint density at radius 1 is 1.06 bits per heavy atom. The van der Waals surface area contributed by atoms with Crippen LogP contribution in [-0.4, -0.2) is 46.9 Å². The lowest BCUT2D eigenvalue weighted by atomic mass is 9.74. The second-order valence-electron chi connectivity index (χ2n) is 7.52. The molecule has 0 saturated carbocycles. The highest BCUT2D eigenvalue weighted by Gasteiger charge is 2.35. The zero-order valence-corrected chi connectivity index (χ0v) is 20.0. The summed E-state index contributed by atoms with van der Waals surface area (Å²) in [5, 5.41) is 3.32. The third-order valence-corrected chi connectivity index (χ3v) is 7.56. The topological polar surface area (TPSA) is 75.7 Å². The molecule has 1 fully saturated rings. The molecule has 2 aromatic carbocycles. The summed E-state index contributed by atoms with van der Waals surface area (Å²) < 4.78 is 31.2. The van der Waals surface area contributed by atoms with E-state index in [-0.39, 0.29) is 26.2 Å². The minimum Gasteiger partial charge on any atom is -0.381 e. The average Bonchev–Trinajstić information content (AvgIpc) is 2.74. The minimum atomic E-state index is -3.81. The fourth-order valence-corrected chi connectivity index (χ4v) is 5.21. The lowest BCUT2D eigenvalue weighted by Gasteiger charge is -2.38. The summed E-state index contributed by atoms with van der Waals surface area (Å²) in [6, 6.07) is 12.6. The maximum Gasteiger partial charge on any atom is 0.240 e. The Kier molecular flexibility index (Phi) is 7.76. The number of ether oxygens (including phenoxy) is 1. The van der Waals surface area contributed by atoms with E-state index in [1.165, 1.54) is 12.1 Å². The van der Waals surface area contributed by atoms with Gasteiger partial charge >= 0.3 is 0 Å². The lowest BCUT2D eigenvalue weighted by Crippen LogP contribution is -2.47. The standard InChI is InChI=1S/C21H23Cl3N2O4S/c1-31(28,29)26(19-12-17(23)16(22)11-18(19)24)13-20(27)25-14-21(7-9-30-10-8-21)15-5-3-2-4-6-15/h2-6,11-12H,7-10,13-14H2,1H3,(H,25,27). The number of halogens is 3. The summed E-state index contributed by atoms with van der Waals surface area (Å²) in [6.45, 7) is 1.13. The summed E-state index contributed by atoms with van der Waals surface area (Å²) in [5.74, 6) is -0.450. The molecule has 2 aromatic rings. The van der Waals surface area contributed by atoms with Gasteiger partial charge < -0.3 is 10.1 Å². The quantitative estimate of drug-likeness (QED) is 0.570. The normalized spacial score (nSPS) is 16.0. The number of carbonyl (C=O) groups excluding carboxylic acids is 1. The predicted molar refractivity (Wildman–Crippen MR) is 125 cm³/mol. The van der Waals surface area contributed by atoms with Crippen LogP contribution in [0.1, 0.15) is 18.4 Å². The third-order valence-electron chi connectivity index (χ3n) is 5.41. The van der Waals surface area contributed by atoms with E-state index in [0.717, 1.165) is 29.0 Å². The van der Waals surface area contributed by atoms with Crippen molar-refractivity contribution in [3.63, 3.8) is 0 Å². The Morgan fingerprint density at radius 3 is 2.29 bits per heavy atom. The predicted octanol–water partition coefficient (Wildman–Crippen LogP) is 4.28. The second kappa shape index (κ2) is 9.96. The molecule has 0 aromatic heterocycles. The molecule has 1 aliphatic rings. The zero-order valence-electron chi connectivity index (χ0n) is 16.9. The number of amides is 1. The minimum absolute atomic E-state index is 0.0813. The van der Waals surface area contributed by atoms with Crippen molar-refractivity contribution in [1.29, 1.82) is 0 Å². The van der Waals surface area contributed by atoms with Crippen molar-refractivity contribution in [2.75, 3.05) is 36.9 Å². The van der Waals surface area contributed by atoms with Gasteiger partial charge in [-0.15, -0.1) is 0 Å². The van der Waals surface area contributed by atoms with E-state index < -0.39 is 22.5 Å². The van der Waals surface area contributed by atoms with Crippen LogP contribution in [0.5, 0.6) is 0 Å². The molecule has 1 amide bonds. The van der Waals surface area contributed by atoms with Gasteiger partial charge in [0.25, 0.3) is 0 Å². The van der Waals surface area contributed by atoms with Gasteiger partial charge in [-0.1, -0.05) is 65.1 Å². The molecule has 168 valence electrons. The first-order valence-electron chi connectivity index (χ1n) is 9.65. The summed E-state index contributed by atoms with van der Waals surface area (Å²) in [7, 11) is -3.81. The number of benzene rings is 2. The maximum absolute atomic E-state index is 12.8. The lowest BCUT2D eigenvalue weighted by molar-refractivity contribution is -0.120. The van der Waals surface area contributed by atoms with Crippen molar-refractivity contribution in [3.8, 4) is 0 Å². The number of rotatable bonds is 7. The van der Waals surface area contributed by atoms with E-state index in [2.05, 4.69) is 5.32 Å². The molecule has 0 spiro atoms. The summed E-state index contributed by atoms with van der Waals surface area (Å²) in [4.78, 5) is 12.8. The monoisotopic (exact) mass is 504 g/mol. The molecule has 0 bridgehead atoms.